The minimum Gasteiger partial charge on any atom is -0.394 e. The third-order valence-electron chi connectivity index (χ3n) is 16.6. The van der Waals surface area contributed by atoms with Gasteiger partial charge in [0.25, 0.3) is 0 Å². The number of hydrogen-bond donors (Lipinski definition) is 8. The van der Waals surface area contributed by atoms with E-state index >= 15 is 0 Å². The van der Waals surface area contributed by atoms with Gasteiger partial charge >= 0.3 is 0 Å². The summed E-state index contributed by atoms with van der Waals surface area (Å²) < 4.78 is 11.2. The molecule has 1 aliphatic heterocycles. The first-order valence-electron chi connectivity index (χ1n) is 33.6. The van der Waals surface area contributed by atoms with E-state index in [9.17, 15) is 40.5 Å². The van der Waals surface area contributed by atoms with Gasteiger partial charge in [0.05, 0.1) is 25.4 Å². The Hall–Kier alpha value is -1.15. The van der Waals surface area contributed by atoms with Gasteiger partial charge in [0.2, 0.25) is 5.91 Å². The zero-order valence-corrected chi connectivity index (χ0v) is 50.5. The summed E-state index contributed by atoms with van der Waals surface area (Å²) >= 11 is 0. The Labute approximate surface area is 474 Å². The zero-order valence-electron chi connectivity index (χ0n) is 50.5. The summed E-state index contributed by atoms with van der Waals surface area (Å²) in [5.74, 6) is -0.698. The van der Waals surface area contributed by atoms with Gasteiger partial charge in [-0.2, -0.15) is 0 Å². The number of hydrogen-bond acceptors (Lipinski definition) is 10. The summed E-state index contributed by atoms with van der Waals surface area (Å²) in [6, 6.07) is -1.18. The first-order chi connectivity index (χ1) is 37.7. The molecule has 1 heterocycles. The predicted molar refractivity (Wildman–Crippen MR) is 321 cm³/mol. The molecule has 0 saturated carbocycles. The fraction of sp³-hybridized carbons (Fsp3) is 0.955. The third-order valence-corrected chi connectivity index (χ3v) is 16.6. The standard InChI is InChI=1S/C66H129NO10/c1-3-5-7-9-11-13-15-17-19-21-23-25-27-29-30-32-34-36-38-40-42-44-46-48-50-52-54-59(70)65(75)67-57(56-76-66-64(74)63(73)62(72)60(55-68)77-66)61(71)58(69)53-51-49-47-45-43-41-39-37-35-33-31-28-26-24-22-20-18-16-14-12-10-8-6-4-2/h45,47,57-64,66,68-74H,3-44,46,48-56H2,1-2H3,(H,67,75)/b47-45+. The number of nitrogens with one attached hydrogen (secondary N) is 1. The second-order valence-corrected chi connectivity index (χ2v) is 23.9. The highest BCUT2D eigenvalue weighted by Crippen LogP contribution is 2.24. The molecule has 8 N–H and O–H groups in total. The fourth-order valence-electron chi connectivity index (χ4n) is 11.2. The van der Waals surface area contributed by atoms with Crippen LogP contribution in [0.15, 0.2) is 12.2 Å². The van der Waals surface area contributed by atoms with Crippen molar-refractivity contribution in [3.05, 3.63) is 12.2 Å². The van der Waals surface area contributed by atoms with Crippen molar-refractivity contribution in [3.63, 3.8) is 0 Å². The van der Waals surface area contributed by atoms with Crippen molar-refractivity contribution in [1.29, 1.82) is 0 Å². The van der Waals surface area contributed by atoms with Crippen LogP contribution in [0.1, 0.15) is 335 Å². The Morgan fingerprint density at radius 1 is 0.442 bits per heavy atom. The van der Waals surface area contributed by atoms with Crippen molar-refractivity contribution in [2.75, 3.05) is 13.2 Å². The maximum atomic E-state index is 13.2. The third kappa shape index (κ3) is 43.2. The van der Waals surface area contributed by atoms with Crippen LogP contribution in [0.5, 0.6) is 0 Å². The molecule has 0 radical (unpaired) electrons. The van der Waals surface area contributed by atoms with Gasteiger partial charge in [0.15, 0.2) is 6.29 Å². The van der Waals surface area contributed by atoms with Crippen LogP contribution in [0, 0.1) is 0 Å². The van der Waals surface area contributed by atoms with Crippen LogP contribution in [-0.2, 0) is 14.3 Å². The summed E-state index contributed by atoms with van der Waals surface area (Å²) in [6.45, 7) is 3.50. The largest absolute Gasteiger partial charge is 0.394 e. The Balaban J connectivity index is 2.23. The van der Waals surface area contributed by atoms with Crippen LogP contribution in [0.25, 0.3) is 0 Å². The van der Waals surface area contributed by atoms with E-state index in [4.69, 9.17) is 9.47 Å². The minimum absolute atomic E-state index is 0.260. The van der Waals surface area contributed by atoms with Crippen molar-refractivity contribution < 1.29 is 50.0 Å². The molecular weight excluding hydrogens is 967 g/mol. The number of carbonyl (C=O) groups is 1. The first kappa shape index (κ1) is 73.9. The monoisotopic (exact) mass is 1100 g/mol. The number of aliphatic hydroxyl groups excluding tert-OH is 7. The highest BCUT2D eigenvalue weighted by molar-refractivity contribution is 5.80. The fourth-order valence-corrected chi connectivity index (χ4v) is 11.2. The van der Waals surface area contributed by atoms with E-state index in [2.05, 4.69) is 31.3 Å². The van der Waals surface area contributed by atoms with Crippen molar-refractivity contribution >= 4 is 5.91 Å². The maximum absolute atomic E-state index is 13.2. The SMILES string of the molecule is CCCCCCCCCCCCCCCCCCCCC/C=C/CCCC(O)C(O)C(COC1OC(CO)C(O)C(O)C1O)NC(=O)C(O)CCCCCCCCCCCCCCCCCCCCCCCCCCCC. The molecule has 9 unspecified atom stereocenters. The lowest BCUT2D eigenvalue weighted by atomic mass is 9.98. The maximum Gasteiger partial charge on any atom is 0.249 e. The molecule has 0 aromatic heterocycles. The van der Waals surface area contributed by atoms with E-state index in [0.29, 0.717) is 12.8 Å². The first-order valence-corrected chi connectivity index (χ1v) is 33.6. The molecule has 9 atom stereocenters. The quantitative estimate of drug-likeness (QED) is 0.0215. The number of amides is 1. The molecule has 1 fully saturated rings. The highest BCUT2D eigenvalue weighted by Gasteiger charge is 2.44. The molecule has 0 aliphatic carbocycles. The normalized spacial score (nSPS) is 19.5. The smallest absolute Gasteiger partial charge is 0.249 e. The molecule has 0 aromatic carbocycles. The average Bonchev–Trinajstić information content (AvgIpc) is 3.43. The number of aliphatic hydroxyl groups is 7. The molecule has 1 amide bonds. The lowest BCUT2D eigenvalue weighted by molar-refractivity contribution is -0.303. The molecule has 1 aliphatic rings. The number of carbonyl (C=O) groups excluding carboxylic acids is 1. The summed E-state index contributed by atoms with van der Waals surface area (Å²) in [6.07, 6.45) is 55.7. The lowest BCUT2D eigenvalue weighted by Crippen LogP contribution is -2.60. The summed E-state index contributed by atoms with van der Waals surface area (Å²) in [7, 11) is 0. The van der Waals surface area contributed by atoms with Gasteiger partial charge in [-0.1, -0.05) is 309 Å². The van der Waals surface area contributed by atoms with Crippen LogP contribution < -0.4 is 5.32 Å². The number of ether oxygens (including phenoxy) is 2. The molecule has 11 heteroatoms. The second kappa shape index (κ2) is 55.4. The lowest BCUT2D eigenvalue weighted by Gasteiger charge is -2.40. The van der Waals surface area contributed by atoms with Crippen molar-refractivity contribution in [2.45, 2.75) is 390 Å². The van der Waals surface area contributed by atoms with E-state index in [-0.39, 0.29) is 12.8 Å². The van der Waals surface area contributed by atoms with Gasteiger partial charge in [-0.05, 0) is 38.5 Å². The van der Waals surface area contributed by atoms with E-state index in [1.165, 1.54) is 257 Å². The van der Waals surface area contributed by atoms with Crippen LogP contribution >= 0.6 is 0 Å². The van der Waals surface area contributed by atoms with Crippen LogP contribution in [0.2, 0.25) is 0 Å². The highest BCUT2D eigenvalue weighted by atomic mass is 16.7. The van der Waals surface area contributed by atoms with E-state index < -0.39 is 74.2 Å². The Kier molecular flexibility index (Phi) is 53.1. The van der Waals surface area contributed by atoms with Gasteiger partial charge in [-0.25, -0.2) is 0 Å². The van der Waals surface area contributed by atoms with Crippen molar-refractivity contribution in [3.8, 4) is 0 Å². The predicted octanol–water partition coefficient (Wildman–Crippen LogP) is 15.5. The van der Waals surface area contributed by atoms with Crippen LogP contribution in [-0.4, -0.2) is 110 Å². The molecule has 11 nitrogen and oxygen atoms in total. The summed E-state index contributed by atoms with van der Waals surface area (Å²) in [5.41, 5.74) is 0. The molecule has 458 valence electrons. The molecule has 1 rings (SSSR count). The van der Waals surface area contributed by atoms with Gasteiger partial charge in [-0.15, -0.1) is 0 Å². The van der Waals surface area contributed by atoms with Gasteiger partial charge in [0, 0.05) is 0 Å². The van der Waals surface area contributed by atoms with Gasteiger partial charge in [-0.3, -0.25) is 4.79 Å². The van der Waals surface area contributed by atoms with Crippen LogP contribution in [0.4, 0.5) is 0 Å². The number of allylic oxidation sites excluding steroid dienone is 2. The molecule has 0 bridgehead atoms. The Morgan fingerprint density at radius 3 is 1.12 bits per heavy atom. The van der Waals surface area contributed by atoms with Gasteiger partial charge < -0.3 is 50.5 Å². The molecular formula is C66H129NO10. The van der Waals surface area contributed by atoms with Crippen molar-refractivity contribution in [1.82, 2.24) is 5.32 Å². The van der Waals surface area contributed by atoms with E-state index in [1.807, 2.05) is 0 Å². The number of rotatable bonds is 59. The minimum atomic E-state index is -1.67. The van der Waals surface area contributed by atoms with Crippen molar-refractivity contribution in [2.24, 2.45) is 0 Å². The average molecular weight is 1100 g/mol. The molecule has 0 spiro atoms. The summed E-state index contributed by atoms with van der Waals surface area (Å²) in [5, 5.41) is 76.4. The zero-order chi connectivity index (χ0) is 56.1. The molecule has 0 aromatic rings. The summed E-state index contributed by atoms with van der Waals surface area (Å²) in [4.78, 5) is 13.2. The van der Waals surface area contributed by atoms with Crippen LogP contribution in [0.3, 0.4) is 0 Å². The number of unbranched alkanes of at least 4 members (excludes halogenated alkanes) is 45. The molecule has 77 heavy (non-hydrogen) atoms. The molecule has 1 saturated heterocycles. The topological polar surface area (TPSA) is 189 Å². The Bertz CT molecular complexity index is 1260. The van der Waals surface area contributed by atoms with E-state index in [1.54, 1.807) is 0 Å². The van der Waals surface area contributed by atoms with E-state index in [0.717, 1.165) is 38.5 Å². The van der Waals surface area contributed by atoms with Gasteiger partial charge in [0.1, 0.15) is 36.6 Å². The second-order valence-electron chi connectivity index (χ2n) is 23.9. The Morgan fingerprint density at radius 2 is 0.766 bits per heavy atom.